The number of carbonyl (C=O) groups excluding carboxylic acids is 1. The first-order chi connectivity index (χ1) is 19.1. The van der Waals surface area contributed by atoms with Crippen LogP contribution in [0.3, 0.4) is 0 Å². The number of ether oxygens (including phenoxy) is 2. The lowest BCUT2D eigenvalue weighted by molar-refractivity contribution is -0.114. The molecule has 2 N–H and O–H groups in total. The molecule has 1 amide bonds. The molecule has 14 heteroatoms. The van der Waals surface area contributed by atoms with Gasteiger partial charge in [-0.2, -0.15) is 0 Å². The first kappa shape index (κ1) is 28.3. The van der Waals surface area contributed by atoms with Crippen LogP contribution in [-0.4, -0.2) is 53.5 Å². The molecule has 0 aliphatic rings. The molecule has 4 aromatic rings. The van der Waals surface area contributed by atoms with Gasteiger partial charge in [-0.15, -0.1) is 0 Å². The number of anilines is 3. The van der Waals surface area contributed by atoms with Gasteiger partial charge in [-0.1, -0.05) is 18.2 Å². The summed E-state index contributed by atoms with van der Waals surface area (Å²) in [4.78, 5) is 20.5. The van der Waals surface area contributed by atoms with E-state index in [2.05, 4.69) is 20.0 Å². The number of sulfonamides is 2. The summed E-state index contributed by atoms with van der Waals surface area (Å²) < 4.78 is 66.2. The number of hydrogen-bond acceptors (Lipinski definition) is 9. The molecule has 0 unspecified atom stereocenters. The number of methoxy groups -OCH3 is 2. The predicted octanol–water partition coefficient (Wildman–Crippen LogP) is 3.13. The minimum Gasteiger partial charge on any atom is -0.493 e. The third-order valence-electron chi connectivity index (χ3n) is 5.51. The minimum absolute atomic E-state index is 0.0834. The van der Waals surface area contributed by atoms with Crippen LogP contribution in [0.5, 0.6) is 11.5 Å². The molecule has 0 aliphatic heterocycles. The summed E-state index contributed by atoms with van der Waals surface area (Å²) in [6.45, 7) is -0.562. The average Bonchev–Trinajstić information content (AvgIpc) is 2.96. The second kappa shape index (κ2) is 12.0. The topological polar surface area (TPSA) is 157 Å². The van der Waals surface area contributed by atoms with Gasteiger partial charge in [0.05, 0.1) is 29.7 Å². The van der Waals surface area contributed by atoms with Crippen LogP contribution in [-0.2, 0) is 24.8 Å². The van der Waals surface area contributed by atoms with E-state index in [0.717, 1.165) is 4.31 Å². The van der Waals surface area contributed by atoms with Gasteiger partial charge in [0.15, 0.2) is 11.5 Å². The van der Waals surface area contributed by atoms with Gasteiger partial charge in [-0.3, -0.25) is 9.10 Å². The fraction of sp³-hybridized carbons (Fsp3) is 0.115. The number of carbonyl (C=O) groups is 1. The molecule has 12 nitrogen and oxygen atoms in total. The third kappa shape index (κ3) is 6.47. The zero-order valence-corrected chi connectivity index (χ0v) is 23.0. The lowest BCUT2D eigenvalue weighted by Crippen LogP contribution is -2.38. The standard InChI is InChI=1S/C26H25N5O7S2/c1-37-23-14-13-22(17-24(23)38-2)40(35,36)31(20-7-4-3-5-8-20)18-25(32)29-19-9-11-21(12-10-19)39(33,34)30-26-27-15-6-16-28-26/h3-17H,18H2,1-2H3,(H,29,32)(H,27,28,30). The highest BCUT2D eigenvalue weighted by Crippen LogP contribution is 2.32. The summed E-state index contributed by atoms with van der Waals surface area (Å²) in [6.07, 6.45) is 2.79. The number of benzene rings is 3. The molecule has 0 saturated heterocycles. The van der Waals surface area contributed by atoms with E-state index in [-0.39, 0.29) is 32.9 Å². The quantitative estimate of drug-likeness (QED) is 0.271. The first-order valence-corrected chi connectivity index (χ1v) is 14.6. The van der Waals surface area contributed by atoms with Crippen LogP contribution in [0.2, 0.25) is 0 Å². The lowest BCUT2D eigenvalue weighted by atomic mass is 10.3. The number of hydrogen-bond donors (Lipinski definition) is 2. The van der Waals surface area contributed by atoms with Gasteiger partial charge in [0, 0.05) is 24.1 Å². The van der Waals surface area contributed by atoms with Crippen LogP contribution < -0.4 is 23.8 Å². The molecule has 208 valence electrons. The molecular weight excluding hydrogens is 558 g/mol. The van der Waals surface area contributed by atoms with Gasteiger partial charge in [-0.25, -0.2) is 31.5 Å². The number of nitrogens with one attached hydrogen (secondary N) is 2. The molecule has 0 spiro atoms. The Morgan fingerprint density at radius 1 is 0.800 bits per heavy atom. The number of amides is 1. The molecule has 1 heterocycles. The maximum Gasteiger partial charge on any atom is 0.264 e. The second-order valence-corrected chi connectivity index (χ2v) is 11.7. The highest BCUT2D eigenvalue weighted by Gasteiger charge is 2.28. The fourth-order valence-electron chi connectivity index (χ4n) is 3.59. The summed E-state index contributed by atoms with van der Waals surface area (Å²) in [5.74, 6) is -0.178. The SMILES string of the molecule is COc1ccc(S(=O)(=O)N(CC(=O)Nc2ccc(S(=O)(=O)Nc3ncccn3)cc2)c2ccccc2)cc1OC. The van der Waals surface area contributed by atoms with Gasteiger partial charge in [0.25, 0.3) is 20.0 Å². The molecular formula is C26H25N5O7S2. The lowest BCUT2D eigenvalue weighted by Gasteiger charge is -2.24. The Bertz CT molecular complexity index is 1680. The number of rotatable bonds is 11. The summed E-state index contributed by atoms with van der Waals surface area (Å²) >= 11 is 0. The first-order valence-electron chi connectivity index (χ1n) is 11.6. The van der Waals surface area contributed by atoms with Crippen LogP contribution in [0, 0.1) is 0 Å². The van der Waals surface area contributed by atoms with Crippen molar-refractivity contribution >= 4 is 43.3 Å². The van der Waals surface area contributed by atoms with E-state index in [0.29, 0.717) is 5.75 Å². The molecule has 1 aromatic heterocycles. The van der Waals surface area contributed by atoms with Crippen molar-refractivity contribution in [3.63, 3.8) is 0 Å². The van der Waals surface area contributed by atoms with Crippen LogP contribution >= 0.6 is 0 Å². The molecule has 0 saturated carbocycles. The zero-order valence-electron chi connectivity index (χ0n) is 21.4. The Balaban J connectivity index is 1.54. The van der Waals surface area contributed by atoms with Gasteiger partial charge in [-0.05, 0) is 54.6 Å². The summed E-state index contributed by atoms with van der Waals surface area (Å²) in [5.41, 5.74) is 0.527. The van der Waals surface area contributed by atoms with Crippen molar-refractivity contribution in [3.05, 3.63) is 91.3 Å². The summed E-state index contributed by atoms with van der Waals surface area (Å²) in [6, 6.07) is 19.2. The summed E-state index contributed by atoms with van der Waals surface area (Å²) in [7, 11) is -5.37. The Hall–Kier alpha value is -4.69. The number of para-hydroxylation sites is 1. The van der Waals surface area contributed by atoms with Crippen molar-refractivity contribution < 1.29 is 31.1 Å². The zero-order chi connectivity index (χ0) is 28.8. The van der Waals surface area contributed by atoms with Crippen molar-refractivity contribution in [1.82, 2.24) is 9.97 Å². The molecule has 0 fully saturated rings. The minimum atomic E-state index is -4.22. The monoisotopic (exact) mass is 583 g/mol. The van der Waals surface area contributed by atoms with Crippen LogP contribution in [0.4, 0.5) is 17.3 Å². The van der Waals surface area contributed by atoms with Crippen molar-refractivity contribution in [2.24, 2.45) is 0 Å². The highest BCUT2D eigenvalue weighted by atomic mass is 32.2. The fourth-order valence-corrected chi connectivity index (χ4v) is 5.99. The van der Waals surface area contributed by atoms with E-state index in [9.17, 15) is 21.6 Å². The van der Waals surface area contributed by atoms with E-state index < -0.39 is 32.5 Å². The van der Waals surface area contributed by atoms with Gasteiger partial charge in [0.2, 0.25) is 11.9 Å². The molecule has 4 rings (SSSR count). The van der Waals surface area contributed by atoms with E-state index >= 15 is 0 Å². The maximum absolute atomic E-state index is 13.7. The van der Waals surface area contributed by atoms with Crippen molar-refractivity contribution in [1.29, 1.82) is 0 Å². The van der Waals surface area contributed by atoms with E-state index in [1.807, 2.05) is 0 Å². The highest BCUT2D eigenvalue weighted by molar-refractivity contribution is 7.93. The van der Waals surface area contributed by atoms with Crippen molar-refractivity contribution in [2.45, 2.75) is 9.79 Å². The van der Waals surface area contributed by atoms with E-state index in [1.54, 1.807) is 36.4 Å². The van der Waals surface area contributed by atoms with Crippen molar-refractivity contribution in [2.75, 3.05) is 35.1 Å². The Kier molecular flexibility index (Phi) is 8.50. The smallest absolute Gasteiger partial charge is 0.264 e. The normalized spacial score (nSPS) is 11.3. The Labute approximate surface area is 231 Å². The van der Waals surface area contributed by atoms with Crippen molar-refractivity contribution in [3.8, 4) is 11.5 Å². The van der Waals surface area contributed by atoms with Crippen LogP contribution in [0.1, 0.15) is 0 Å². The second-order valence-electron chi connectivity index (χ2n) is 8.11. The number of nitrogens with zero attached hydrogens (tertiary/aromatic N) is 3. The molecule has 0 radical (unpaired) electrons. The van der Waals surface area contributed by atoms with Crippen LogP contribution in [0.25, 0.3) is 0 Å². The average molecular weight is 584 g/mol. The van der Waals surface area contributed by atoms with Crippen LogP contribution in [0.15, 0.2) is 101 Å². The molecule has 40 heavy (non-hydrogen) atoms. The van der Waals surface area contributed by atoms with E-state index in [1.165, 1.54) is 69.1 Å². The summed E-state index contributed by atoms with van der Waals surface area (Å²) in [5, 5.41) is 2.61. The van der Waals surface area contributed by atoms with Gasteiger partial charge >= 0.3 is 0 Å². The molecule has 0 aliphatic carbocycles. The predicted molar refractivity (Wildman–Crippen MR) is 148 cm³/mol. The van der Waals surface area contributed by atoms with Gasteiger partial charge < -0.3 is 14.8 Å². The molecule has 3 aromatic carbocycles. The molecule has 0 atom stereocenters. The maximum atomic E-state index is 13.7. The molecule has 0 bridgehead atoms. The Morgan fingerprint density at radius 3 is 2.05 bits per heavy atom. The van der Waals surface area contributed by atoms with Gasteiger partial charge in [0.1, 0.15) is 6.54 Å². The van der Waals surface area contributed by atoms with E-state index in [4.69, 9.17) is 9.47 Å². The number of aromatic nitrogens is 2. The Morgan fingerprint density at radius 2 is 1.43 bits per heavy atom. The largest absolute Gasteiger partial charge is 0.493 e. The third-order valence-corrected chi connectivity index (χ3v) is 8.63.